The van der Waals surface area contributed by atoms with Crippen LogP contribution >= 0.6 is 0 Å². The third-order valence-electron chi connectivity index (χ3n) is 3.20. The summed E-state index contributed by atoms with van der Waals surface area (Å²) in [7, 11) is 0. The minimum atomic E-state index is -0.172. The van der Waals surface area contributed by atoms with Crippen molar-refractivity contribution in [2.24, 2.45) is 5.73 Å². The van der Waals surface area contributed by atoms with Gasteiger partial charge in [0.1, 0.15) is 18.2 Å². The van der Waals surface area contributed by atoms with Gasteiger partial charge in [0.15, 0.2) is 0 Å². The second-order valence-electron chi connectivity index (χ2n) is 4.92. The van der Waals surface area contributed by atoms with Crippen LogP contribution in [-0.4, -0.2) is 24.5 Å². The largest absolute Gasteiger partial charge is 0.486 e. The summed E-state index contributed by atoms with van der Waals surface area (Å²) in [5, 5.41) is 12.8. The van der Waals surface area contributed by atoms with Gasteiger partial charge in [0.25, 0.3) is 0 Å². The molecule has 5 N–H and O–H groups in total. The third-order valence-corrected chi connectivity index (χ3v) is 3.20. The number of urea groups is 1. The molecule has 2 amide bonds. The zero-order valence-electron chi connectivity index (χ0n) is 11.3. The summed E-state index contributed by atoms with van der Waals surface area (Å²) >= 11 is 0. The SMILES string of the molecule is N=C(N)COc1ccc(NC(=O)NC2CCCC2)cc1. The Balaban J connectivity index is 1.80. The highest BCUT2D eigenvalue weighted by Gasteiger charge is 2.16. The van der Waals surface area contributed by atoms with Crippen molar-refractivity contribution in [3.05, 3.63) is 24.3 Å². The second-order valence-corrected chi connectivity index (χ2v) is 4.92. The van der Waals surface area contributed by atoms with E-state index in [9.17, 15) is 4.79 Å². The number of carbonyl (C=O) groups is 1. The van der Waals surface area contributed by atoms with E-state index in [1.165, 1.54) is 12.8 Å². The number of nitrogens with one attached hydrogen (secondary N) is 3. The maximum absolute atomic E-state index is 11.8. The van der Waals surface area contributed by atoms with Crippen LogP contribution in [0.4, 0.5) is 10.5 Å². The van der Waals surface area contributed by atoms with Crippen molar-refractivity contribution in [3.8, 4) is 5.75 Å². The van der Waals surface area contributed by atoms with Gasteiger partial charge in [-0.1, -0.05) is 12.8 Å². The standard InChI is InChI=1S/C14H20N4O2/c15-13(16)9-20-12-7-5-11(6-8-12)18-14(19)17-10-3-1-2-4-10/h5-8,10H,1-4,9H2,(H3,15,16)(H2,17,18,19). The van der Waals surface area contributed by atoms with Crippen molar-refractivity contribution < 1.29 is 9.53 Å². The lowest BCUT2D eigenvalue weighted by Crippen LogP contribution is -2.36. The number of benzene rings is 1. The van der Waals surface area contributed by atoms with Crippen LogP contribution < -0.4 is 21.1 Å². The predicted octanol–water partition coefficient (Wildman–Crippen LogP) is 2.07. The molecule has 1 aliphatic carbocycles. The molecule has 0 aromatic heterocycles. The van der Waals surface area contributed by atoms with Gasteiger partial charge in [0, 0.05) is 11.7 Å². The first-order valence-electron chi connectivity index (χ1n) is 6.77. The minimum Gasteiger partial charge on any atom is -0.486 e. The smallest absolute Gasteiger partial charge is 0.319 e. The Morgan fingerprint density at radius 2 is 1.95 bits per heavy atom. The number of carbonyl (C=O) groups excluding carboxylic acids is 1. The average molecular weight is 276 g/mol. The van der Waals surface area contributed by atoms with Crippen LogP contribution in [0.2, 0.25) is 0 Å². The highest BCUT2D eigenvalue weighted by molar-refractivity contribution is 5.89. The highest BCUT2D eigenvalue weighted by atomic mass is 16.5. The molecule has 1 aromatic carbocycles. The number of amidine groups is 1. The van der Waals surface area contributed by atoms with Gasteiger partial charge in [0.05, 0.1) is 0 Å². The van der Waals surface area contributed by atoms with Crippen LogP contribution in [0, 0.1) is 5.41 Å². The van der Waals surface area contributed by atoms with E-state index in [0.717, 1.165) is 12.8 Å². The fourth-order valence-electron chi connectivity index (χ4n) is 2.22. The Hall–Kier alpha value is -2.24. The number of nitrogens with two attached hydrogens (primary N) is 1. The van der Waals surface area contributed by atoms with Gasteiger partial charge in [0.2, 0.25) is 0 Å². The van der Waals surface area contributed by atoms with E-state index in [4.69, 9.17) is 15.9 Å². The molecule has 0 aliphatic heterocycles. The molecule has 0 bridgehead atoms. The second kappa shape index (κ2) is 6.79. The molecular weight excluding hydrogens is 256 g/mol. The van der Waals surface area contributed by atoms with Crippen LogP contribution in [0.5, 0.6) is 5.75 Å². The maximum atomic E-state index is 11.8. The van der Waals surface area contributed by atoms with Gasteiger partial charge in [-0.15, -0.1) is 0 Å². The van der Waals surface area contributed by atoms with E-state index < -0.39 is 0 Å². The lowest BCUT2D eigenvalue weighted by Gasteiger charge is -2.13. The molecule has 1 aliphatic rings. The van der Waals surface area contributed by atoms with Gasteiger partial charge in [-0.25, -0.2) is 4.79 Å². The molecule has 20 heavy (non-hydrogen) atoms. The maximum Gasteiger partial charge on any atom is 0.319 e. The van der Waals surface area contributed by atoms with Crippen molar-refractivity contribution in [1.82, 2.24) is 5.32 Å². The van der Waals surface area contributed by atoms with Gasteiger partial charge < -0.3 is 21.1 Å². The summed E-state index contributed by atoms with van der Waals surface area (Å²) in [5.41, 5.74) is 5.91. The van der Waals surface area contributed by atoms with Gasteiger partial charge in [-0.05, 0) is 37.1 Å². The Bertz CT molecular complexity index is 467. The molecular formula is C14H20N4O2. The van der Waals surface area contributed by atoms with Crippen molar-refractivity contribution in [2.45, 2.75) is 31.7 Å². The van der Waals surface area contributed by atoms with Gasteiger partial charge >= 0.3 is 6.03 Å². The minimum absolute atomic E-state index is 0.0249. The normalized spacial score (nSPS) is 14.8. The Morgan fingerprint density at radius 1 is 1.30 bits per heavy atom. The first kappa shape index (κ1) is 14.2. The van der Waals surface area contributed by atoms with Crippen molar-refractivity contribution >= 4 is 17.6 Å². The molecule has 6 heteroatoms. The molecule has 1 aromatic rings. The predicted molar refractivity (Wildman–Crippen MR) is 78.3 cm³/mol. The average Bonchev–Trinajstić information content (AvgIpc) is 2.90. The van der Waals surface area contributed by atoms with E-state index in [0.29, 0.717) is 17.5 Å². The molecule has 2 rings (SSSR count). The van der Waals surface area contributed by atoms with E-state index >= 15 is 0 Å². The van der Waals surface area contributed by atoms with Crippen LogP contribution in [0.25, 0.3) is 0 Å². The van der Waals surface area contributed by atoms with Crippen molar-refractivity contribution in [3.63, 3.8) is 0 Å². The first-order chi connectivity index (χ1) is 9.63. The van der Waals surface area contributed by atoms with Gasteiger partial charge in [-0.3, -0.25) is 5.41 Å². The molecule has 0 radical (unpaired) electrons. The van der Waals surface area contributed by atoms with Crippen LogP contribution in [-0.2, 0) is 0 Å². The monoisotopic (exact) mass is 276 g/mol. The van der Waals surface area contributed by atoms with E-state index in [-0.39, 0.29) is 18.5 Å². The fraction of sp³-hybridized carbons (Fsp3) is 0.429. The summed E-state index contributed by atoms with van der Waals surface area (Å²) in [6.45, 7) is 0.0644. The molecule has 108 valence electrons. The molecule has 1 fully saturated rings. The number of amides is 2. The molecule has 0 unspecified atom stereocenters. The van der Waals surface area contributed by atoms with E-state index in [2.05, 4.69) is 10.6 Å². The number of ether oxygens (including phenoxy) is 1. The molecule has 1 saturated carbocycles. The Kier molecular flexibility index (Phi) is 4.81. The van der Waals surface area contributed by atoms with Crippen LogP contribution in [0.3, 0.4) is 0 Å². The molecule has 0 spiro atoms. The molecule has 0 atom stereocenters. The number of rotatable bonds is 5. The zero-order chi connectivity index (χ0) is 14.4. The summed E-state index contributed by atoms with van der Waals surface area (Å²) in [4.78, 5) is 11.8. The summed E-state index contributed by atoms with van der Waals surface area (Å²) in [5.74, 6) is 0.588. The number of anilines is 1. The first-order valence-corrected chi connectivity index (χ1v) is 6.77. The summed E-state index contributed by atoms with van der Waals surface area (Å²) < 4.78 is 5.26. The van der Waals surface area contributed by atoms with Crippen molar-refractivity contribution in [1.29, 1.82) is 5.41 Å². The Morgan fingerprint density at radius 3 is 2.55 bits per heavy atom. The van der Waals surface area contributed by atoms with Crippen molar-refractivity contribution in [2.75, 3.05) is 11.9 Å². The van der Waals surface area contributed by atoms with E-state index in [1.807, 2.05) is 0 Å². The lowest BCUT2D eigenvalue weighted by atomic mass is 10.2. The Labute approximate surface area is 118 Å². The van der Waals surface area contributed by atoms with E-state index in [1.54, 1.807) is 24.3 Å². The fourth-order valence-corrected chi connectivity index (χ4v) is 2.22. The number of hydrogen-bond donors (Lipinski definition) is 4. The van der Waals surface area contributed by atoms with Crippen LogP contribution in [0.1, 0.15) is 25.7 Å². The number of hydrogen-bond acceptors (Lipinski definition) is 3. The quantitative estimate of drug-likeness (QED) is 0.489. The topological polar surface area (TPSA) is 100 Å². The molecule has 0 saturated heterocycles. The highest BCUT2D eigenvalue weighted by Crippen LogP contribution is 2.18. The van der Waals surface area contributed by atoms with Gasteiger partial charge in [-0.2, -0.15) is 0 Å². The van der Waals surface area contributed by atoms with Crippen LogP contribution in [0.15, 0.2) is 24.3 Å². The third kappa shape index (κ3) is 4.46. The lowest BCUT2D eigenvalue weighted by molar-refractivity contribution is 0.248. The molecule has 6 nitrogen and oxygen atoms in total. The summed E-state index contributed by atoms with van der Waals surface area (Å²) in [6, 6.07) is 7.10. The molecule has 0 heterocycles. The zero-order valence-corrected chi connectivity index (χ0v) is 11.3. The summed E-state index contributed by atoms with van der Waals surface area (Å²) in [6.07, 6.45) is 4.50.